The molecule has 0 aromatic rings. The van der Waals surface area contributed by atoms with Crippen LogP contribution in [0, 0.1) is 0 Å². The van der Waals surface area contributed by atoms with E-state index in [0.717, 1.165) is 0 Å². The van der Waals surface area contributed by atoms with Crippen molar-refractivity contribution in [2.45, 2.75) is 11.9 Å². The summed E-state index contributed by atoms with van der Waals surface area (Å²) in [4.78, 5) is 8.17. The van der Waals surface area contributed by atoms with Gasteiger partial charge in [0.25, 0.3) is 0 Å². The van der Waals surface area contributed by atoms with Crippen molar-refractivity contribution >= 4 is 20.9 Å². The van der Waals surface area contributed by atoms with E-state index in [2.05, 4.69) is 0 Å². The fourth-order valence-corrected chi connectivity index (χ4v) is 0.212. The molecule has 0 saturated heterocycles. The largest absolute Gasteiger partial charge is 0.376 e. The summed E-state index contributed by atoms with van der Waals surface area (Å²) in [6, 6.07) is 0. The van der Waals surface area contributed by atoms with Gasteiger partial charge < -0.3 is 9.45 Å². The minimum atomic E-state index is -0.155. The smallest absolute Gasteiger partial charge is 0.0693 e. The molecule has 0 aromatic heterocycles. The molecule has 0 spiro atoms. The molecular weight excluding hydrogens is 119 g/mol. The maximum Gasteiger partial charge on any atom is 0.0693 e. The van der Waals surface area contributed by atoms with E-state index in [9.17, 15) is 0 Å². The quantitative estimate of drug-likeness (QED) is 0.430. The molecule has 0 aliphatic rings. The molecule has 0 amide bonds. The Kier molecular flexibility index (Phi) is 4.33. The second kappa shape index (κ2) is 3.88. The van der Waals surface area contributed by atoms with Crippen molar-refractivity contribution in [3.63, 3.8) is 0 Å². The molecular formula is C2H7O2PS. The van der Waals surface area contributed by atoms with Crippen LogP contribution in [0.15, 0.2) is 0 Å². The van der Waals surface area contributed by atoms with Crippen LogP contribution in [-0.4, -0.2) is 14.4 Å². The summed E-state index contributed by atoms with van der Waals surface area (Å²) in [7, 11) is -0.155. The van der Waals surface area contributed by atoms with Crippen LogP contribution in [0.25, 0.3) is 0 Å². The SMILES string of the molecule is CC(PO)SO. The topological polar surface area (TPSA) is 40.5 Å². The summed E-state index contributed by atoms with van der Waals surface area (Å²) in [6.07, 6.45) is 0. The Labute approximate surface area is 43.0 Å². The third-order valence-electron chi connectivity index (χ3n) is 0.340. The van der Waals surface area contributed by atoms with Gasteiger partial charge in [-0.2, -0.15) is 0 Å². The summed E-state index contributed by atoms with van der Waals surface area (Å²) in [6.45, 7) is 1.75. The van der Waals surface area contributed by atoms with Crippen LogP contribution >= 0.6 is 20.9 Å². The molecule has 0 aliphatic heterocycles. The predicted molar refractivity (Wildman–Crippen MR) is 30.2 cm³/mol. The Morgan fingerprint density at radius 3 is 2.33 bits per heavy atom. The van der Waals surface area contributed by atoms with Gasteiger partial charge in [0.05, 0.1) is 4.99 Å². The normalized spacial score (nSPS) is 16.5. The molecule has 0 heterocycles. The van der Waals surface area contributed by atoms with Crippen LogP contribution in [0.2, 0.25) is 0 Å². The first-order valence-corrected chi connectivity index (χ1v) is 3.37. The van der Waals surface area contributed by atoms with Crippen molar-refractivity contribution in [3.8, 4) is 0 Å². The molecule has 0 rings (SSSR count). The monoisotopic (exact) mass is 126 g/mol. The lowest BCUT2D eigenvalue weighted by atomic mass is 11.0. The standard InChI is InChI=1S/C2H7O2PS/c1-2(5-3)6-4/h2-5H,1H3. The molecule has 2 nitrogen and oxygen atoms in total. The van der Waals surface area contributed by atoms with E-state index >= 15 is 0 Å². The van der Waals surface area contributed by atoms with E-state index in [4.69, 9.17) is 9.45 Å². The predicted octanol–water partition coefficient (Wildman–Crippen LogP) is 1.12. The van der Waals surface area contributed by atoms with Gasteiger partial charge in [-0.3, -0.25) is 0 Å². The highest BCUT2D eigenvalue weighted by atomic mass is 32.2. The molecule has 2 N–H and O–H groups in total. The van der Waals surface area contributed by atoms with Gasteiger partial charge in [0, 0.05) is 8.81 Å². The average molecular weight is 126 g/mol. The van der Waals surface area contributed by atoms with Gasteiger partial charge in [0.2, 0.25) is 0 Å². The van der Waals surface area contributed by atoms with Crippen molar-refractivity contribution in [3.05, 3.63) is 0 Å². The molecule has 0 aliphatic carbocycles. The lowest BCUT2D eigenvalue weighted by Gasteiger charge is -1.95. The highest BCUT2D eigenvalue weighted by molar-refractivity contribution is 7.98. The Morgan fingerprint density at radius 2 is 2.33 bits per heavy atom. The molecule has 0 fully saturated rings. The van der Waals surface area contributed by atoms with E-state index in [1.807, 2.05) is 0 Å². The molecule has 6 heavy (non-hydrogen) atoms. The molecule has 0 bridgehead atoms. The summed E-state index contributed by atoms with van der Waals surface area (Å²) in [5.41, 5.74) is 0. The first kappa shape index (κ1) is 6.70. The van der Waals surface area contributed by atoms with Gasteiger partial charge in [0.15, 0.2) is 0 Å². The van der Waals surface area contributed by atoms with E-state index in [0.29, 0.717) is 12.0 Å². The lowest BCUT2D eigenvalue weighted by molar-refractivity contribution is 0.634. The van der Waals surface area contributed by atoms with Gasteiger partial charge in [0.1, 0.15) is 0 Å². The third kappa shape index (κ3) is 2.91. The van der Waals surface area contributed by atoms with Crippen LogP contribution in [0.1, 0.15) is 6.92 Å². The summed E-state index contributed by atoms with van der Waals surface area (Å²) in [5, 5.41) is 0. The molecule has 0 aromatic carbocycles. The second-order valence-corrected chi connectivity index (χ2v) is 3.34. The zero-order chi connectivity index (χ0) is 4.99. The maximum atomic E-state index is 8.18. The van der Waals surface area contributed by atoms with Crippen LogP contribution in [0.5, 0.6) is 0 Å². The Morgan fingerprint density at radius 1 is 1.83 bits per heavy atom. The number of rotatable bonds is 2. The van der Waals surface area contributed by atoms with Crippen molar-refractivity contribution in [1.29, 1.82) is 0 Å². The fraction of sp³-hybridized carbons (Fsp3) is 1.00. The van der Waals surface area contributed by atoms with Crippen LogP contribution in [0.3, 0.4) is 0 Å². The first-order chi connectivity index (χ1) is 2.81. The molecule has 4 heteroatoms. The van der Waals surface area contributed by atoms with Crippen LogP contribution in [0.4, 0.5) is 0 Å². The van der Waals surface area contributed by atoms with E-state index in [1.165, 1.54) is 0 Å². The maximum absolute atomic E-state index is 8.18. The Bertz CT molecular complexity index is 30.7. The highest BCUT2D eigenvalue weighted by Gasteiger charge is 1.93. The van der Waals surface area contributed by atoms with E-state index in [-0.39, 0.29) is 13.8 Å². The Hall–Kier alpha value is 0.700. The first-order valence-electron chi connectivity index (χ1n) is 1.51. The molecule has 2 atom stereocenters. The molecule has 0 saturated carbocycles. The zero-order valence-corrected chi connectivity index (χ0v) is 5.20. The van der Waals surface area contributed by atoms with Crippen LogP contribution < -0.4 is 0 Å². The van der Waals surface area contributed by atoms with Crippen molar-refractivity contribution in [2.75, 3.05) is 0 Å². The average Bonchev–Trinajstić information content (AvgIpc) is 1.65. The fourth-order valence-electron chi connectivity index (χ4n) is 0.0236. The molecule has 0 radical (unpaired) electrons. The third-order valence-corrected chi connectivity index (χ3v) is 1.65. The van der Waals surface area contributed by atoms with E-state index in [1.54, 1.807) is 6.92 Å². The summed E-state index contributed by atoms with van der Waals surface area (Å²) in [5.74, 6) is 0. The van der Waals surface area contributed by atoms with Gasteiger partial charge in [-0.15, -0.1) is 0 Å². The summed E-state index contributed by atoms with van der Waals surface area (Å²) >= 11 is 0.687. The van der Waals surface area contributed by atoms with Crippen LogP contribution in [-0.2, 0) is 0 Å². The van der Waals surface area contributed by atoms with Gasteiger partial charge in [-0.25, -0.2) is 0 Å². The summed E-state index contributed by atoms with van der Waals surface area (Å²) < 4.78 is 8.10. The number of hydrogen-bond acceptors (Lipinski definition) is 3. The second-order valence-electron chi connectivity index (χ2n) is 0.877. The number of hydrogen-bond donors (Lipinski definition) is 2. The van der Waals surface area contributed by atoms with Gasteiger partial charge in [-0.1, -0.05) is 0 Å². The molecule has 2 unspecified atom stereocenters. The lowest BCUT2D eigenvalue weighted by Crippen LogP contribution is -1.79. The molecule has 38 valence electrons. The Balaban J connectivity index is 2.75. The minimum absolute atomic E-state index is 0.00926. The van der Waals surface area contributed by atoms with Crippen molar-refractivity contribution in [2.24, 2.45) is 0 Å². The zero-order valence-electron chi connectivity index (χ0n) is 3.38. The van der Waals surface area contributed by atoms with Gasteiger partial charge >= 0.3 is 0 Å². The minimum Gasteiger partial charge on any atom is -0.376 e. The highest BCUT2D eigenvalue weighted by Crippen LogP contribution is 2.21. The van der Waals surface area contributed by atoms with Gasteiger partial charge in [-0.05, 0) is 19.0 Å². The van der Waals surface area contributed by atoms with Crippen molar-refractivity contribution in [1.82, 2.24) is 0 Å². The van der Waals surface area contributed by atoms with Crippen molar-refractivity contribution < 1.29 is 9.45 Å². The van der Waals surface area contributed by atoms with E-state index < -0.39 is 0 Å².